The third-order valence-corrected chi connectivity index (χ3v) is 4.69. The summed E-state index contributed by atoms with van der Waals surface area (Å²) in [6.07, 6.45) is 0.0158. The van der Waals surface area contributed by atoms with E-state index in [0.29, 0.717) is 13.1 Å². The minimum atomic E-state index is -3.66. The fraction of sp³-hybridized carbons (Fsp3) is 0.800. The zero-order chi connectivity index (χ0) is 15.3. The summed E-state index contributed by atoms with van der Waals surface area (Å²) in [5.41, 5.74) is 5.28. The van der Waals surface area contributed by atoms with Crippen LogP contribution in [0.15, 0.2) is 0 Å². The summed E-state index contributed by atoms with van der Waals surface area (Å²) in [6, 6.07) is -1.09. The van der Waals surface area contributed by atoms with Crippen molar-refractivity contribution in [2.75, 3.05) is 32.7 Å². The van der Waals surface area contributed by atoms with Crippen LogP contribution in [0.3, 0.4) is 0 Å². The molecule has 1 amide bonds. The monoisotopic (exact) mass is 308 g/mol. The van der Waals surface area contributed by atoms with E-state index in [1.807, 2.05) is 0 Å². The highest BCUT2D eigenvalue weighted by molar-refractivity contribution is 7.87. The molecule has 0 aromatic rings. The molecule has 1 heterocycles. The predicted octanol–water partition coefficient (Wildman–Crippen LogP) is -2.21. The molecule has 20 heavy (non-hydrogen) atoms. The summed E-state index contributed by atoms with van der Waals surface area (Å²) >= 11 is 0. The number of nitrogens with zero attached hydrogens (tertiary/aromatic N) is 2. The van der Waals surface area contributed by atoms with Gasteiger partial charge in [0.05, 0.1) is 0 Å². The number of nitrogens with one attached hydrogen (secondary N) is 1. The van der Waals surface area contributed by atoms with Crippen molar-refractivity contribution in [3.63, 3.8) is 0 Å². The maximum atomic E-state index is 11.9. The van der Waals surface area contributed by atoms with Crippen molar-refractivity contribution in [1.29, 1.82) is 0 Å². The lowest BCUT2D eigenvalue weighted by atomic mass is 10.2. The van der Waals surface area contributed by atoms with Gasteiger partial charge in [-0.15, -0.1) is 0 Å². The Hall–Kier alpha value is -1.23. The van der Waals surface area contributed by atoms with Crippen molar-refractivity contribution >= 4 is 22.1 Å². The summed E-state index contributed by atoms with van der Waals surface area (Å²) < 4.78 is 27.4. The van der Waals surface area contributed by atoms with E-state index in [1.54, 1.807) is 4.90 Å². The summed E-state index contributed by atoms with van der Waals surface area (Å²) in [7, 11) is -3.66. The molecule has 0 saturated carbocycles. The highest BCUT2D eigenvalue weighted by Crippen LogP contribution is 2.06. The van der Waals surface area contributed by atoms with Crippen LogP contribution in [0.2, 0.25) is 0 Å². The third-order valence-electron chi connectivity index (χ3n) is 3.08. The fourth-order valence-electron chi connectivity index (χ4n) is 1.80. The number of hydrogen-bond acceptors (Lipinski definition) is 5. The minimum Gasteiger partial charge on any atom is -0.480 e. The molecule has 1 rings (SSSR count). The summed E-state index contributed by atoms with van der Waals surface area (Å²) in [6.45, 7) is 2.55. The van der Waals surface area contributed by atoms with Gasteiger partial charge in [0.25, 0.3) is 10.2 Å². The SMILES string of the molecule is CC(=O)N1CCN(S(=O)(=O)NCC[C@H](N)C(=O)O)CC1. The highest BCUT2D eigenvalue weighted by atomic mass is 32.2. The Kier molecular flexibility index (Phi) is 5.87. The van der Waals surface area contributed by atoms with Crippen molar-refractivity contribution in [2.45, 2.75) is 19.4 Å². The second-order valence-electron chi connectivity index (χ2n) is 4.54. The lowest BCUT2D eigenvalue weighted by molar-refractivity contribution is -0.138. The van der Waals surface area contributed by atoms with Gasteiger partial charge in [-0.25, -0.2) is 4.72 Å². The first-order valence-corrected chi connectivity index (χ1v) is 7.66. The standard InChI is InChI=1S/C10H20N4O5S/c1-8(15)13-4-6-14(7-5-13)20(18,19)12-3-2-9(11)10(16)17/h9,12H,2-7,11H2,1H3,(H,16,17)/t9-/m0/s1. The van der Waals surface area contributed by atoms with Crippen LogP contribution in [-0.2, 0) is 19.8 Å². The maximum absolute atomic E-state index is 11.9. The number of amides is 1. The molecule has 10 heteroatoms. The van der Waals surface area contributed by atoms with Crippen molar-refractivity contribution < 1.29 is 23.1 Å². The Morgan fingerprint density at radius 2 is 1.85 bits per heavy atom. The predicted molar refractivity (Wildman–Crippen MR) is 71.0 cm³/mol. The Balaban J connectivity index is 2.42. The second kappa shape index (κ2) is 6.97. The second-order valence-corrected chi connectivity index (χ2v) is 6.29. The van der Waals surface area contributed by atoms with Crippen LogP contribution in [0, 0.1) is 0 Å². The molecule has 0 radical (unpaired) electrons. The summed E-state index contributed by atoms with van der Waals surface area (Å²) in [5.74, 6) is -1.25. The largest absolute Gasteiger partial charge is 0.480 e. The molecule has 116 valence electrons. The van der Waals surface area contributed by atoms with Gasteiger partial charge in [-0.3, -0.25) is 9.59 Å². The molecule has 1 fully saturated rings. The molecule has 1 atom stereocenters. The highest BCUT2D eigenvalue weighted by Gasteiger charge is 2.27. The van der Waals surface area contributed by atoms with Gasteiger partial charge in [-0.05, 0) is 6.42 Å². The van der Waals surface area contributed by atoms with E-state index in [-0.39, 0.29) is 32.0 Å². The molecule has 1 saturated heterocycles. The number of rotatable bonds is 6. The minimum absolute atomic E-state index is 0.0158. The van der Waals surface area contributed by atoms with Gasteiger partial charge in [0.2, 0.25) is 5.91 Å². The average Bonchev–Trinajstić information content (AvgIpc) is 2.38. The average molecular weight is 308 g/mol. The van der Waals surface area contributed by atoms with Crippen LogP contribution in [-0.4, -0.2) is 73.4 Å². The zero-order valence-electron chi connectivity index (χ0n) is 11.3. The number of carbonyl (C=O) groups is 2. The van der Waals surface area contributed by atoms with Crippen molar-refractivity contribution in [1.82, 2.24) is 13.9 Å². The number of carboxylic acid groups (broad SMARTS) is 1. The van der Waals surface area contributed by atoms with Crippen molar-refractivity contribution in [2.24, 2.45) is 5.73 Å². The Morgan fingerprint density at radius 1 is 1.30 bits per heavy atom. The van der Waals surface area contributed by atoms with Gasteiger partial charge >= 0.3 is 5.97 Å². The van der Waals surface area contributed by atoms with E-state index in [0.717, 1.165) is 0 Å². The van der Waals surface area contributed by atoms with Crippen molar-refractivity contribution in [3.8, 4) is 0 Å². The van der Waals surface area contributed by atoms with Gasteiger partial charge in [0.15, 0.2) is 0 Å². The lowest BCUT2D eigenvalue weighted by Gasteiger charge is -2.33. The van der Waals surface area contributed by atoms with Gasteiger partial charge in [-0.2, -0.15) is 12.7 Å². The molecule has 0 aromatic heterocycles. The first-order valence-electron chi connectivity index (χ1n) is 6.22. The van der Waals surface area contributed by atoms with Crippen LogP contribution in [0.25, 0.3) is 0 Å². The Labute approximate surface area is 117 Å². The lowest BCUT2D eigenvalue weighted by Crippen LogP contribution is -2.53. The smallest absolute Gasteiger partial charge is 0.320 e. The molecule has 1 aliphatic rings. The Morgan fingerprint density at radius 3 is 2.30 bits per heavy atom. The van der Waals surface area contributed by atoms with Gasteiger partial charge < -0.3 is 15.7 Å². The van der Waals surface area contributed by atoms with E-state index in [2.05, 4.69) is 4.72 Å². The molecular formula is C10H20N4O5S. The molecule has 0 aromatic carbocycles. The van der Waals surface area contributed by atoms with Crippen molar-refractivity contribution in [3.05, 3.63) is 0 Å². The quantitative estimate of drug-likeness (QED) is 0.509. The number of carboxylic acids is 1. The van der Waals surface area contributed by atoms with E-state index >= 15 is 0 Å². The van der Waals surface area contributed by atoms with E-state index in [1.165, 1.54) is 11.2 Å². The van der Waals surface area contributed by atoms with E-state index in [9.17, 15) is 18.0 Å². The molecule has 0 bridgehead atoms. The molecular weight excluding hydrogens is 288 g/mol. The van der Waals surface area contributed by atoms with Crippen LogP contribution >= 0.6 is 0 Å². The molecule has 0 aliphatic carbocycles. The summed E-state index contributed by atoms with van der Waals surface area (Å²) in [4.78, 5) is 23.2. The third kappa shape index (κ3) is 4.71. The fourth-order valence-corrected chi connectivity index (χ4v) is 3.00. The van der Waals surface area contributed by atoms with E-state index < -0.39 is 22.2 Å². The zero-order valence-corrected chi connectivity index (χ0v) is 12.1. The van der Waals surface area contributed by atoms with Gasteiger partial charge in [-0.1, -0.05) is 0 Å². The van der Waals surface area contributed by atoms with Crippen LogP contribution in [0.1, 0.15) is 13.3 Å². The number of hydrogen-bond donors (Lipinski definition) is 3. The number of nitrogens with two attached hydrogens (primary N) is 1. The summed E-state index contributed by atoms with van der Waals surface area (Å²) in [5, 5.41) is 8.59. The maximum Gasteiger partial charge on any atom is 0.320 e. The molecule has 9 nitrogen and oxygen atoms in total. The van der Waals surface area contributed by atoms with Gasteiger partial charge in [0, 0.05) is 39.6 Å². The Bertz CT molecular complexity index is 458. The first kappa shape index (κ1) is 16.8. The first-order chi connectivity index (χ1) is 9.24. The topological polar surface area (TPSA) is 133 Å². The molecule has 0 unspecified atom stereocenters. The molecule has 0 spiro atoms. The van der Waals surface area contributed by atoms with Gasteiger partial charge in [0.1, 0.15) is 6.04 Å². The number of carbonyl (C=O) groups excluding carboxylic acids is 1. The normalized spacial score (nSPS) is 18.8. The van der Waals surface area contributed by atoms with E-state index in [4.69, 9.17) is 10.8 Å². The number of aliphatic carboxylic acids is 1. The molecule has 1 aliphatic heterocycles. The van der Waals surface area contributed by atoms with Crippen LogP contribution < -0.4 is 10.5 Å². The molecule has 4 N–H and O–H groups in total. The van der Waals surface area contributed by atoms with Crippen LogP contribution in [0.4, 0.5) is 0 Å². The number of piperazine rings is 1. The van der Waals surface area contributed by atoms with Crippen LogP contribution in [0.5, 0.6) is 0 Å².